The van der Waals surface area contributed by atoms with Gasteiger partial charge >= 0.3 is 0 Å². The standard InChI is InChI=1S/C11H16ClN3/c12-9-4-2-6-14-11(9)15-10-5-1-3-8(10)7-13/h2,4,6,8,10H,1,3,5,7,13H2,(H,14,15). The van der Waals surface area contributed by atoms with Crippen molar-refractivity contribution in [3.63, 3.8) is 0 Å². The number of nitrogens with zero attached hydrogens (tertiary/aromatic N) is 1. The summed E-state index contributed by atoms with van der Waals surface area (Å²) in [7, 11) is 0. The first kappa shape index (κ1) is 10.7. The molecule has 2 unspecified atom stereocenters. The van der Waals surface area contributed by atoms with Crippen molar-refractivity contribution in [1.82, 2.24) is 4.98 Å². The summed E-state index contributed by atoms with van der Waals surface area (Å²) in [5, 5.41) is 4.07. The van der Waals surface area contributed by atoms with Crippen LogP contribution in [0.2, 0.25) is 5.02 Å². The number of halogens is 1. The Labute approximate surface area is 95.0 Å². The van der Waals surface area contributed by atoms with Gasteiger partial charge in [-0.2, -0.15) is 0 Å². The number of hydrogen-bond acceptors (Lipinski definition) is 3. The molecule has 1 aromatic heterocycles. The van der Waals surface area contributed by atoms with Gasteiger partial charge in [0.05, 0.1) is 5.02 Å². The first-order chi connectivity index (χ1) is 7.31. The van der Waals surface area contributed by atoms with Gasteiger partial charge in [-0.3, -0.25) is 0 Å². The summed E-state index contributed by atoms with van der Waals surface area (Å²) < 4.78 is 0. The van der Waals surface area contributed by atoms with Crippen molar-refractivity contribution in [2.75, 3.05) is 11.9 Å². The highest BCUT2D eigenvalue weighted by molar-refractivity contribution is 6.32. The number of aromatic nitrogens is 1. The molecule has 1 saturated carbocycles. The molecular formula is C11H16ClN3. The zero-order chi connectivity index (χ0) is 10.7. The van der Waals surface area contributed by atoms with Crippen LogP contribution in [0.3, 0.4) is 0 Å². The normalized spacial score (nSPS) is 25.5. The summed E-state index contributed by atoms with van der Waals surface area (Å²) in [5.41, 5.74) is 5.72. The second-order valence-corrected chi connectivity index (χ2v) is 4.42. The van der Waals surface area contributed by atoms with Crippen LogP contribution in [-0.2, 0) is 0 Å². The van der Waals surface area contributed by atoms with Crippen molar-refractivity contribution in [2.45, 2.75) is 25.3 Å². The van der Waals surface area contributed by atoms with Gasteiger partial charge in [-0.05, 0) is 37.4 Å². The Bertz CT molecular complexity index is 329. The summed E-state index contributed by atoms with van der Waals surface area (Å²) in [6.07, 6.45) is 5.36. The Kier molecular flexibility index (Phi) is 3.44. The van der Waals surface area contributed by atoms with Crippen LogP contribution in [0.5, 0.6) is 0 Å². The molecule has 0 amide bonds. The first-order valence-corrected chi connectivity index (χ1v) is 5.76. The topological polar surface area (TPSA) is 50.9 Å². The van der Waals surface area contributed by atoms with E-state index in [2.05, 4.69) is 10.3 Å². The van der Waals surface area contributed by atoms with E-state index in [0.717, 1.165) is 18.8 Å². The minimum atomic E-state index is 0.433. The van der Waals surface area contributed by atoms with E-state index in [4.69, 9.17) is 17.3 Å². The van der Waals surface area contributed by atoms with Crippen LogP contribution in [0.4, 0.5) is 5.82 Å². The van der Waals surface area contributed by atoms with Gasteiger partial charge in [-0.25, -0.2) is 4.98 Å². The average Bonchev–Trinajstić information content (AvgIpc) is 2.69. The minimum Gasteiger partial charge on any atom is -0.366 e. The highest BCUT2D eigenvalue weighted by Gasteiger charge is 2.26. The van der Waals surface area contributed by atoms with Crippen LogP contribution >= 0.6 is 11.6 Å². The molecule has 0 radical (unpaired) electrons. The Balaban J connectivity index is 2.05. The van der Waals surface area contributed by atoms with Gasteiger partial charge in [0.2, 0.25) is 0 Å². The zero-order valence-corrected chi connectivity index (χ0v) is 9.37. The van der Waals surface area contributed by atoms with Gasteiger partial charge < -0.3 is 11.1 Å². The van der Waals surface area contributed by atoms with E-state index in [1.807, 2.05) is 12.1 Å². The molecule has 82 valence electrons. The number of nitrogens with one attached hydrogen (secondary N) is 1. The van der Waals surface area contributed by atoms with Crippen LogP contribution in [0.25, 0.3) is 0 Å². The van der Waals surface area contributed by atoms with Crippen molar-refractivity contribution >= 4 is 17.4 Å². The summed E-state index contributed by atoms with van der Waals surface area (Å²) in [6, 6.07) is 4.12. The van der Waals surface area contributed by atoms with Crippen molar-refractivity contribution in [3.05, 3.63) is 23.4 Å². The monoisotopic (exact) mass is 225 g/mol. The lowest BCUT2D eigenvalue weighted by Gasteiger charge is -2.20. The number of nitrogens with two attached hydrogens (primary N) is 1. The second-order valence-electron chi connectivity index (χ2n) is 4.01. The van der Waals surface area contributed by atoms with E-state index in [0.29, 0.717) is 17.0 Å². The van der Waals surface area contributed by atoms with E-state index in [1.54, 1.807) is 6.20 Å². The molecule has 2 rings (SSSR count). The number of rotatable bonds is 3. The molecule has 1 aliphatic carbocycles. The molecule has 3 N–H and O–H groups in total. The average molecular weight is 226 g/mol. The van der Waals surface area contributed by atoms with Crippen LogP contribution in [0.1, 0.15) is 19.3 Å². The number of hydrogen-bond donors (Lipinski definition) is 2. The quantitative estimate of drug-likeness (QED) is 0.830. The van der Waals surface area contributed by atoms with Gasteiger partial charge in [0.25, 0.3) is 0 Å². The van der Waals surface area contributed by atoms with Gasteiger partial charge in [-0.15, -0.1) is 0 Å². The number of anilines is 1. The van der Waals surface area contributed by atoms with Gasteiger partial charge in [-0.1, -0.05) is 18.0 Å². The van der Waals surface area contributed by atoms with E-state index in [9.17, 15) is 0 Å². The Morgan fingerprint density at radius 1 is 1.53 bits per heavy atom. The third-order valence-electron chi connectivity index (χ3n) is 3.04. The third-order valence-corrected chi connectivity index (χ3v) is 3.35. The van der Waals surface area contributed by atoms with E-state index < -0.39 is 0 Å². The number of pyridine rings is 1. The van der Waals surface area contributed by atoms with E-state index in [1.165, 1.54) is 12.8 Å². The molecule has 2 atom stereocenters. The fourth-order valence-corrected chi connectivity index (χ4v) is 2.35. The molecule has 1 fully saturated rings. The molecule has 1 aromatic rings. The minimum absolute atomic E-state index is 0.433. The Morgan fingerprint density at radius 3 is 3.13 bits per heavy atom. The van der Waals surface area contributed by atoms with Crippen molar-refractivity contribution in [2.24, 2.45) is 11.7 Å². The molecule has 1 heterocycles. The predicted octanol–water partition coefficient (Wildman–Crippen LogP) is 2.27. The molecule has 4 heteroatoms. The highest BCUT2D eigenvalue weighted by Crippen LogP contribution is 2.29. The molecule has 0 aliphatic heterocycles. The van der Waals surface area contributed by atoms with Gasteiger partial charge in [0, 0.05) is 12.2 Å². The van der Waals surface area contributed by atoms with E-state index in [-0.39, 0.29) is 0 Å². The molecule has 0 bridgehead atoms. The molecule has 0 saturated heterocycles. The first-order valence-electron chi connectivity index (χ1n) is 5.38. The van der Waals surface area contributed by atoms with Crippen LogP contribution in [0, 0.1) is 5.92 Å². The largest absolute Gasteiger partial charge is 0.366 e. The SMILES string of the molecule is NCC1CCCC1Nc1ncccc1Cl. The summed E-state index contributed by atoms with van der Waals surface area (Å²) in [4.78, 5) is 4.23. The maximum absolute atomic E-state index is 6.04. The molecular weight excluding hydrogens is 210 g/mol. The maximum atomic E-state index is 6.04. The zero-order valence-electron chi connectivity index (χ0n) is 8.62. The van der Waals surface area contributed by atoms with Gasteiger partial charge in [0.15, 0.2) is 0 Å². The molecule has 1 aliphatic rings. The molecule has 0 spiro atoms. The van der Waals surface area contributed by atoms with Crippen LogP contribution in [-0.4, -0.2) is 17.6 Å². The fourth-order valence-electron chi connectivity index (χ4n) is 2.18. The summed E-state index contributed by atoms with van der Waals surface area (Å²) in [6.45, 7) is 0.738. The van der Waals surface area contributed by atoms with Crippen molar-refractivity contribution in [1.29, 1.82) is 0 Å². The smallest absolute Gasteiger partial charge is 0.144 e. The lowest BCUT2D eigenvalue weighted by atomic mass is 10.0. The molecule has 15 heavy (non-hydrogen) atoms. The van der Waals surface area contributed by atoms with E-state index >= 15 is 0 Å². The van der Waals surface area contributed by atoms with Gasteiger partial charge in [0.1, 0.15) is 5.82 Å². The lowest BCUT2D eigenvalue weighted by molar-refractivity contribution is 0.515. The maximum Gasteiger partial charge on any atom is 0.144 e. The molecule has 3 nitrogen and oxygen atoms in total. The highest BCUT2D eigenvalue weighted by atomic mass is 35.5. The lowest BCUT2D eigenvalue weighted by Crippen LogP contribution is -2.29. The summed E-state index contributed by atoms with van der Waals surface area (Å²) in [5.74, 6) is 1.34. The Hall–Kier alpha value is -0.800. The molecule has 0 aromatic carbocycles. The third kappa shape index (κ3) is 2.41. The second kappa shape index (κ2) is 4.81. The van der Waals surface area contributed by atoms with Crippen molar-refractivity contribution < 1.29 is 0 Å². The Morgan fingerprint density at radius 2 is 2.40 bits per heavy atom. The summed E-state index contributed by atoms with van der Waals surface area (Å²) >= 11 is 6.04. The van der Waals surface area contributed by atoms with Crippen LogP contribution in [0.15, 0.2) is 18.3 Å². The predicted molar refractivity (Wildman–Crippen MR) is 63.1 cm³/mol. The fraction of sp³-hybridized carbons (Fsp3) is 0.545. The van der Waals surface area contributed by atoms with Crippen molar-refractivity contribution in [3.8, 4) is 0 Å². The van der Waals surface area contributed by atoms with Crippen LogP contribution < -0.4 is 11.1 Å².